The third-order valence-electron chi connectivity index (χ3n) is 6.71. The summed E-state index contributed by atoms with van der Waals surface area (Å²) >= 11 is 1.41. The van der Waals surface area contributed by atoms with Gasteiger partial charge in [0.2, 0.25) is 0 Å². The van der Waals surface area contributed by atoms with Crippen LogP contribution in [0.3, 0.4) is 0 Å². The van der Waals surface area contributed by atoms with E-state index in [4.69, 9.17) is 9.84 Å². The lowest BCUT2D eigenvalue weighted by Gasteiger charge is -2.28. The maximum Gasteiger partial charge on any atom is 0.275 e. The molecular weight excluding hydrogens is 474 g/mol. The highest BCUT2D eigenvalue weighted by Gasteiger charge is 2.25. The first-order chi connectivity index (χ1) is 17.7. The normalized spacial score (nSPS) is 18.0. The van der Waals surface area contributed by atoms with Crippen molar-refractivity contribution in [3.8, 4) is 21.8 Å². The highest BCUT2D eigenvalue weighted by Crippen LogP contribution is 2.35. The highest BCUT2D eigenvalue weighted by molar-refractivity contribution is 7.13. The first kappa shape index (κ1) is 22.7. The van der Waals surface area contributed by atoms with Gasteiger partial charge in [-0.15, -0.1) is 11.3 Å². The van der Waals surface area contributed by atoms with E-state index < -0.39 is 0 Å². The zero-order valence-corrected chi connectivity index (χ0v) is 20.7. The molecule has 5 aromatic rings. The first-order valence-corrected chi connectivity index (χ1v) is 13.1. The van der Waals surface area contributed by atoms with E-state index in [0.717, 1.165) is 65.0 Å². The van der Waals surface area contributed by atoms with Crippen molar-refractivity contribution >= 4 is 33.8 Å². The molecule has 4 heterocycles. The molecule has 1 aliphatic rings. The van der Waals surface area contributed by atoms with E-state index in [2.05, 4.69) is 37.6 Å². The molecule has 6 rings (SSSR count). The Hall–Kier alpha value is -3.76. The van der Waals surface area contributed by atoms with Gasteiger partial charge in [0.25, 0.3) is 5.91 Å². The van der Waals surface area contributed by atoms with Crippen LogP contribution in [0, 0.1) is 0 Å². The van der Waals surface area contributed by atoms with Gasteiger partial charge >= 0.3 is 0 Å². The number of fused-ring (bicyclic) bond motifs is 1. The van der Waals surface area contributed by atoms with Crippen LogP contribution in [-0.2, 0) is 4.74 Å². The second-order valence-electron chi connectivity index (χ2n) is 9.02. The average molecular weight is 502 g/mol. The molecule has 0 bridgehead atoms. The Balaban J connectivity index is 1.30. The molecule has 1 amide bonds. The number of carbonyl (C=O) groups excluding carboxylic acids is 1. The number of H-pyrrole nitrogens is 2. The highest BCUT2D eigenvalue weighted by atomic mass is 32.1. The van der Waals surface area contributed by atoms with Gasteiger partial charge in [0, 0.05) is 47.2 Å². The minimum Gasteiger partial charge on any atom is -0.379 e. The summed E-state index contributed by atoms with van der Waals surface area (Å²) in [6, 6.07) is 8.49. The molecule has 10 heteroatoms. The van der Waals surface area contributed by atoms with Gasteiger partial charge < -0.3 is 15.0 Å². The molecule has 0 saturated heterocycles. The van der Waals surface area contributed by atoms with Crippen LogP contribution in [0.1, 0.15) is 49.1 Å². The van der Waals surface area contributed by atoms with E-state index in [1.807, 2.05) is 36.1 Å². The van der Waals surface area contributed by atoms with Crippen LogP contribution in [0.4, 0.5) is 5.69 Å². The quantitative estimate of drug-likeness (QED) is 0.267. The van der Waals surface area contributed by atoms with Crippen LogP contribution >= 0.6 is 11.3 Å². The lowest BCUT2D eigenvalue weighted by molar-refractivity contribution is 0.0260. The van der Waals surface area contributed by atoms with Gasteiger partial charge in [0.05, 0.1) is 24.0 Å². The maximum absolute atomic E-state index is 13.2. The molecule has 0 spiro atoms. The van der Waals surface area contributed by atoms with Crippen molar-refractivity contribution in [2.45, 2.75) is 44.8 Å². The van der Waals surface area contributed by atoms with Crippen molar-refractivity contribution < 1.29 is 9.53 Å². The number of hydrogen-bond acceptors (Lipinski definition) is 6. The fraction of sp³-hybridized carbons (Fsp3) is 0.308. The summed E-state index contributed by atoms with van der Waals surface area (Å²) < 4.78 is 7.84. The van der Waals surface area contributed by atoms with Crippen LogP contribution in [0.25, 0.3) is 32.7 Å². The molecule has 3 N–H and O–H groups in total. The number of thiazole rings is 1. The SMILES string of the molecule is CCO[C@H]1CC[C@H](n2cc(NC(=O)c3csc(-c4cn[nH]c4)n3)c(-c3ccc4cc[nH]c4c3)n2)CC1. The number of nitrogens with zero attached hydrogens (tertiary/aromatic N) is 4. The first-order valence-electron chi connectivity index (χ1n) is 12.2. The van der Waals surface area contributed by atoms with Crippen molar-refractivity contribution in [3.05, 3.63) is 60.1 Å². The number of aromatic amines is 2. The monoisotopic (exact) mass is 501 g/mol. The Labute approximate surface area is 211 Å². The lowest BCUT2D eigenvalue weighted by atomic mass is 9.93. The van der Waals surface area contributed by atoms with Gasteiger partial charge in [-0.3, -0.25) is 14.6 Å². The molecule has 0 aliphatic heterocycles. The molecule has 0 unspecified atom stereocenters. The summed E-state index contributed by atoms with van der Waals surface area (Å²) in [6.07, 6.45) is 11.7. The Kier molecular flexibility index (Phi) is 6.12. The molecule has 1 fully saturated rings. The third kappa shape index (κ3) is 4.45. The number of rotatable bonds is 7. The molecular formula is C26H27N7O2S. The van der Waals surface area contributed by atoms with E-state index in [-0.39, 0.29) is 11.9 Å². The van der Waals surface area contributed by atoms with Crippen molar-refractivity contribution in [2.75, 3.05) is 11.9 Å². The maximum atomic E-state index is 13.2. The molecule has 184 valence electrons. The zero-order chi connectivity index (χ0) is 24.5. The summed E-state index contributed by atoms with van der Waals surface area (Å²) in [7, 11) is 0. The largest absolute Gasteiger partial charge is 0.379 e. The lowest BCUT2D eigenvalue weighted by Crippen LogP contribution is -2.24. The number of carbonyl (C=O) groups is 1. The molecule has 0 atom stereocenters. The number of benzene rings is 1. The van der Waals surface area contributed by atoms with E-state index in [1.165, 1.54) is 11.3 Å². The molecule has 36 heavy (non-hydrogen) atoms. The fourth-order valence-electron chi connectivity index (χ4n) is 4.86. The van der Waals surface area contributed by atoms with Crippen molar-refractivity contribution in [1.29, 1.82) is 0 Å². The van der Waals surface area contributed by atoms with Crippen molar-refractivity contribution in [3.63, 3.8) is 0 Å². The smallest absolute Gasteiger partial charge is 0.275 e. The molecule has 9 nitrogen and oxygen atoms in total. The minimum atomic E-state index is -0.261. The summed E-state index contributed by atoms with van der Waals surface area (Å²) in [4.78, 5) is 21.0. The van der Waals surface area contributed by atoms with E-state index >= 15 is 0 Å². The standard InChI is InChI=1S/C26H27N7O2S/c1-2-35-20-7-5-19(6-8-20)33-14-22(24(32-33)17-4-3-16-9-10-27-21(16)11-17)30-25(34)23-15-36-26(31-23)18-12-28-29-13-18/h3-4,9-15,19-20,27H,2,5-8H2,1H3,(H,28,29)(H,30,34)/t19-,20-. The van der Waals surface area contributed by atoms with E-state index in [1.54, 1.807) is 17.8 Å². The summed E-state index contributed by atoms with van der Waals surface area (Å²) in [5.41, 5.74) is 4.62. The van der Waals surface area contributed by atoms with E-state index in [0.29, 0.717) is 17.5 Å². The number of ether oxygens (including phenoxy) is 1. The zero-order valence-electron chi connectivity index (χ0n) is 19.9. The van der Waals surface area contributed by atoms with Gasteiger partial charge in [0.15, 0.2) is 0 Å². The number of anilines is 1. The van der Waals surface area contributed by atoms with Gasteiger partial charge in [-0.1, -0.05) is 12.1 Å². The number of aromatic nitrogens is 6. The molecule has 4 aromatic heterocycles. The Bertz CT molecular complexity index is 1480. The van der Waals surface area contributed by atoms with Crippen LogP contribution in [0.15, 0.2) is 54.4 Å². The third-order valence-corrected chi connectivity index (χ3v) is 7.60. The number of nitrogens with one attached hydrogen (secondary N) is 3. The van der Waals surface area contributed by atoms with Crippen LogP contribution < -0.4 is 5.32 Å². The van der Waals surface area contributed by atoms with Gasteiger partial charge in [-0.2, -0.15) is 10.2 Å². The Morgan fingerprint density at radius 1 is 1.22 bits per heavy atom. The summed E-state index contributed by atoms with van der Waals surface area (Å²) in [5.74, 6) is -0.261. The summed E-state index contributed by atoms with van der Waals surface area (Å²) in [5, 5.41) is 18.4. The second-order valence-corrected chi connectivity index (χ2v) is 9.87. The second kappa shape index (κ2) is 9.71. The molecule has 0 radical (unpaired) electrons. The van der Waals surface area contributed by atoms with Gasteiger partial charge in [0.1, 0.15) is 16.4 Å². The summed E-state index contributed by atoms with van der Waals surface area (Å²) in [6.45, 7) is 2.79. The predicted molar refractivity (Wildman–Crippen MR) is 140 cm³/mol. The van der Waals surface area contributed by atoms with Crippen LogP contribution in [0.5, 0.6) is 0 Å². The average Bonchev–Trinajstić information content (AvgIpc) is 3.70. The topological polar surface area (TPSA) is 114 Å². The fourth-order valence-corrected chi connectivity index (χ4v) is 5.64. The molecule has 1 aliphatic carbocycles. The Morgan fingerprint density at radius 2 is 2.11 bits per heavy atom. The van der Waals surface area contributed by atoms with Crippen LogP contribution in [0.2, 0.25) is 0 Å². The Morgan fingerprint density at radius 3 is 2.92 bits per heavy atom. The predicted octanol–water partition coefficient (Wildman–Crippen LogP) is 5.65. The minimum absolute atomic E-state index is 0.261. The van der Waals surface area contributed by atoms with Gasteiger partial charge in [-0.25, -0.2) is 4.98 Å². The molecule has 1 saturated carbocycles. The van der Waals surface area contributed by atoms with Gasteiger partial charge in [-0.05, 0) is 50.1 Å². The van der Waals surface area contributed by atoms with Crippen molar-refractivity contribution in [2.24, 2.45) is 0 Å². The van der Waals surface area contributed by atoms with Crippen molar-refractivity contribution in [1.82, 2.24) is 29.9 Å². The van der Waals surface area contributed by atoms with E-state index in [9.17, 15) is 4.79 Å². The van der Waals surface area contributed by atoms with Crippen LogP contribution in [-0.4, -0.2) is 48.6 Å². The number of hydrogen-bond donors (Lipinski definition) is 3. The molecule has 1 aromatic carbocycles. The number of amides is 1.